The van der Waals surface area contributed by atoms with Crippen molar-refractivity contribution in [3.8, 4) is 0 Å². The normalized spacial score (nSPS) is 26.6. The van der Waals surface area contributed by atoms with Crippen LogP contribution in [0.25, 0.3) is 0 Å². The zero-order chi connectivity index (χ0) is 24.3. The molecule has 2 aromatic carbocycles. The smallest absolute Gasteiger partial charge is 0.322 e. The number of aliphatic hydroxyl groups excluding tert-OH is 1. The van der Waals surface area contributed by atoms with E-state index in [0.29, 0.717) is 13.0 Å². The van der Waals surface area contributed by atoms with Crippen LogP contribution in [0.5, 0.6) is 0 Å². The van der Waals surface area contributed by atoms with Crippen LogP contribution >= 0.6 is 0 Å². The van der Waals surface area contributed by atoms with E-state index < -0.39 is 29.0 Å². The number of carbonyl (C=O) groups excluding carboxylic acids is 3. The maximum absolute atomic E-state index is 13.8. The lowest BCUT2D eigenvalue weighted by atomic mass is 9.68. The fourth-order valence-corrected chi connectivity index (χ4v) is 4.59. The molecule has 0 aromatic heterocycles. The molecule has 4 amide bonds. The van der Waals surface area contributed by atoms with E-state index in [1.54, 1.807) is 24.1 Å². The highest BCUT2D eigenvalue weighted by Crippen LogP contribution is 2.40. The molecule has 0 spiro atoms. The molecule has 0 saturated carbocycles. The molecule has 176 valence electrons. The number of allylic oxidation sites excluding steroid dienone is 2. The second-order valence-electron chi connectivity index (χ2n) is 9.06. The number of nitrogens with zero attached hydrogens (tertiary/aromatic N) is 1. The lowest BCUT2D eigenvalue weighted by Gasteiger charge is -2.42. The Kier molecular flexibility index (Phi) is 6.39. The molecule has 34 heavy (non-hydrogen) atoms. The number of urea groups is 1. The molecule has 4 rings (SSSR count). The molecule has 0 radical (unpaired) electrons. The number of likely N-dealkylation sites (N-methyl/N-ethyl adjacent to an activating group) is 1. The van der Waals surface area contributed by atoms with Crippen LogP contribution in [0.1, 0.15) is 24.0 Å². The maximum Gasteiger partial charge on any atom is 0.322 e. The van der Waals surface area contributed by atoms with Gasteiger partial charge in [0.05, 0.1) is 0 Å². The number of imide groups is 1. The first-order chi connectivity index (χ1) is 16.3. The van der Waals surface area contributed by atoms with Crippen molar-refractivity contribution in [2.24, 2.45) is 5.41 Å². The third-order valence-corrected chi connectivity index (χ3v) is 6.71. The highest BCUT2D eigenvalue weighted by molar-refractivity contribution is 6.08. The van der Waals surface area contributed by atoms with Gasteiger partial charge < -0.3 is 15.3 Å². The van der Waals surface area contributed by atoms with Crippen LogP contribution in [0.3, 0.4) is 0 Å². The molecule has 1 aliphatic heterocycles. The van der Waals surface area contributed by atoms with Gasteiger partial charge in [0.2, 0.25) is 5.91 Å². The summed E-state index contributed by atoms with van der Waals surface area (Å²) >= 11 is 0. The summed E-state index contributed by atoms with van der Waals surface area (Å²) in [6.07, 6.45) is 6.17. The van der Waals surface area contributed by atoms with Crippen molar-refractivity contribution in [3.63, 3.8) is 0 Å². The Morgan fingerprint density at radius 1 is 1.03 bits per heavy atom. The highest BCUT2D eigenvalue weighted by atomic mass is 16.3. The first-order valence-corrected chi connectivity index (χ1v) is 11.3. The van der Waals surface area contributed by atoms with Crippen molar-refractivity contribution >= 4 is 17.8 Å². The van der Waals surface area contributed by atoms with Crippen molar-refractivity contribution in [3.05, 3.63) is 96.1 Å². The minimum Gasteiger partial charge on any atom is -0.388 e. The Labute approximate surface area is 199 Å². The molecule has 1 saturated heterocycles. The molecule has 2 aromatic rings. The van der Waals surface area contributed by atoms with Crippen molar-refractivity contribution in [1.29, 1.82) is 0 Å². The summed E-state index contributed by atoms with van der Waals surface area (Å²) in [6.45, 7) is 1.86. The zero-order valence-electron chi connectivity index (χ0n) is 19.3. The number of hydrogen-bond donors (Lipinski definition) is 3. The molecule has 1 fully saturated rings. The molecule has 0 bridgehead atoms. The number of carbonyl (C=O) groups is 3. The van der Waals surface area contributed by atoms with E-state index in [1.165, 1.54) is 6.92 Å². The predicted molar refractivity (Wildman–Crippen MR) is 129 cm³/mol. The summed E-state index contributed by atoms with van der Waals surface area (Å²) in [4.78, 5) is 39.9. The molecule has 7 heteroatoms. The number of benzene rings is 2. The molecule has 1 heterocycles. The standard InChI is InChI=1S/C27H29N3O4/c1-26(23(32)28-25(34)29-26)22(31)27(16-13-21(14-17-27)20-11-7-4-8-12-20)24(33)30(2)18-15-19-9-5-3-6-10-19/h3-14,16-17,21-22,31H,15,18H2,1-2H3,(H2,28,29,32,34). The number of hydrogen-bond acceptors (Lipinski definition) is 4. The highest BCUT2D eigenvalue weighted by Gasteiger charge is 2.58. The number of aliphatic hydroxyl groups is 1. The minimum atomic E-state index is -1.67. The van der Waals surface area contributed by atoms with Gasteiger partial charge in [-0.25, -0.2) is 4.79 Å². The van der Waals surface area contributed by atoms with Gasteiger partial charge in [-0.05, 0) is 24.5 Å². The molecular weight excluding hydrogens is 430 g/mol. The van der Waals surface area contributed by atoms with E-state index in [4.69, 9.17) is 0 Å². The van der Waals surface area contributed by atoms with Crippen LogP contribution in [0.4, 0.5) is 4.79 Å². The molecule has 2 aliphatic rings. The third kappa shape index (κ3) is 4.26. The summed E-state index contributed by atoms with van der Waals surface area (Å²) in [7, 11) is 1.68. The predicted octanol–water partition coefficient (Wildman–Crippen LogP) is 2.54. The van der Waals surface area contributed by atoms with Gasteiger partial charge in [-0.15, -0.1) is 0 Å². The summed E-state index contributed by atoms with van der Waals surface area (Å²) in [6, 6.07) is 18.9. The molecule has 2 unspecified atom stereocenters. The summed E-state index contributed by atoms with van der Waals surface area (Å²) < 4.78 is 0. The van der Waals surface area contributed by atoms with Crippen molar-refractivity contribution in [2.45, 2.75) is 30.9 Å². The van der Waals surface area contributed by atoms with E-state index in [-0.39, 0.29) is 11.8 Å². The molecule has 1 aliphatic carbocycles. The average molecular weight is 460 g/mol. The topological polar surface area (TPSA) is 98.7 Å². The van der Waals surface area contributed by atoms with Gasteiger partial charge in [-0.1, -0.05) is 85.0 Å². The van der Waals surface area contributed by atoms with Crippen LogP contribution in [0.2, 0.25) is 0 Å². The zero-order valence-corrected chi connectivity index (χ0v) is 19.3. The molecule has 3 N–H and O–H groups in total. The monoisotopic (exact) mass is 459 g/mol. The van der Waals surface area contributed by atoms with Crippen LogP contribution < -0.4 is 10.6 Å². The average Bonchev–Trinajstić information content (AvgIpc) is 3.14. The van der Waals surface area contributed by atoms with Crippen molar-refractivity contribution < 1.29 is 19.5 Å². The van der Waals surface area contributed by atoms with E-state index in [1.807, 2.05) is 72.8 Å². The van der Waals surface area contributed by atoms with E-state index in [2.05, 4.69) is 10.6 Å². The quantitative estimate of drug-likeness (QED) is 0.438. The van der Waals surface area contributed by atoms with Crippen LogP contribution in [-0.2, 0) is 16.0 Å². The Morgan fingerprint density at radius 2 is 1.62 bits per heavy atom. The second kappa shape index (κ2) is 9.27. The Morgan fingerprint density at radius 3 is 2.18 bits per heavy atom. The molecular formula is C27H29N3O4. The van der Waals surface area contributed by atoms with Crippen LogP contribution in [0, 0.1) is 5.41 Å². The van der Waals surface area contributed by atoms with Gasteiger partial charge in [-0.2, -0.15) is 0 Å². The van der Waals surface area contributed by atoms with Crippen molar-refractivity contribution in [1.82, 2.24) is 15.5 Å². The Bertz CT molecular complexity index is 1120. The van der Waals surface area contributed by atoms with Gasteiger partial charge in [0.15, 0.2) is 0 Å². The maximum atomic E-state index is 13.8. The SMILES string of the molecule is CN(CCc1ccccc1)C(=O)C1(C(O)C2(C)NC(=O)NC2=O)C=CC(c2ccccc2)C=C1. The van der Waals surface area contributed by atoms with Crippen LogP contribution in [0.15, 0.2) is 85.0 Å². The lowest BCUT2D eigenvalue weighted by molar-refractivity contribution is -0.145. The van der Waals surface area contributed by atoms with Gasteiger partial charge in [-0.3, -0.25) is 14.9 Å². The van der Waals surface area contributed by atoms with Gasteiger partial charge in [0.25, 0.3) is 5.91 Å². The fourth-order valence-electron chi connectivity index (χ4n) is 4.59. The number of nitrogens with one attached hydrogen (secondary N) is 2. The van der Waals surface area contributed by atoms with Crippen LogP contribution in [-0.4, -0.2) is 53.1 Å². The summed E-state index contributed by atoms with van der Waals surface area (Å²) in [5, 5.41) is 16.2. The summed E-state index contributed by atoms with van der Waals surface area (Å²) in [5.41, 5.74) is -1.06. The molecule has 2 atom stereocenters. The second-order valence-corrected chi connectivity index (χ2v) is 9.06. The lowest BCUT2D eigenvalue weighted by Crippen LogP contribution is -2.63. The number of rotatable bonds is 7. The van der Waals surface area contributed by atoms with E-state index >= 15 is 0 Å². The van der Waals surface area contributed by atoms with E-state index in [0.717, 1.165) is 11.1 Å². The van der Waals surface area contributed by atoms with E-state index in [9.17, 15) is 19.5 Å². The third-order valence-electron chi connectivity index (χ3n) is 6.71. The Hall–Kier alpha value is -3.71. The number of amides is 4. The Balaban J connectivity index is 1.64. The first-order valence-electron chi connectivity index (χ1n) is 11.3. The summed E-state index contributed by atoms with van der Waals surface area (Å²) in [5.74, 6) is -1.11. The molecule has 7 nitrogen and oxygen atoms in total. The van der Waals surface area contributed by atoms with Gasteiger partial charge >= 0.3 is 6.03 Å². The van der Waals surface area contributed by atoms with Gasteiger partial charge in [0.1, 0.15) is 17.1 Å². The minimum absolute atomic E-state index is 0.0799. The van der Waals surface area contributed by atoms with Gasteiger partial charge in [0, 0.05) is 19.5 Å². The largest absolute Gasteiger partial charge is 0.388 e. The van der Waals surface area contributed by atoms with Crippen molar-refractivity contribution in [2.75, 3.05) is 13.6 Å². The fraction of sp³-hybridized carbons (Fsp3) is 0.296. The first kappa shape index (κ1) is 23.4.